The van der Waals surface area contributed by atoms with Gasteiger partial charge in [-0.25, -0.2) is 9.69 Å². The molecular weight excluding hydrogens is 376 g/mol. The molecule has 30 heavy (non-hydrogen) atoms. The van der Waals surface area contributed by atoms with E-state index in [1.807, 2.05) is 7.05 Å². The van der Waals surface area contributed by atoms with Gasteiger partial charge in [0.2, 0.25) is 0 Å². The van der Waals surface area contributed by atoms with E-state index in [9.17, 15) is 9.59 Å². The number of carbonyl (C=O) groups is 2. The molecule has 1 aromatic rings. The predicted octanol–water partition coefficient (Wildman–Crippen LogP) is 4.10. The quantitative estimate of drug-likeness (QED) is 0.740. The predicted molar refractivity (Wildman–Crippen MR) is 119 cm³/mol. The SMILES string of the molecule is CN(Cc1ccccc1N1CCCCC1)CN1C(=O)NC2(CCCCCCC2)C1=O. The first-order valence-corrected chi connectivity index (χ1v) is 11.7. The van der Waals surface area contributed by atoms with Crippen LogP contribution in [0.5, 0.6) is 0 Å². The van der Waals surface area contributed by atoms with E-state index in [0.29, 0.717) is 6.67 Å². The van der Waals surface area contributed by atoms with E-state index in [2.05, 4.69) is 39.4 Å². The third kappa shape index (κ3) is 4.48. The average molecular weight is 413 g/mol. The van der Waals surface area contributed by atoms with Crippen LogP contribution in [0.25, 0.3) is 0 Å². The van der Waals surface area contributed by atoms with Gasteiger partial charge in [0, 0.05) is 25.3 Å². The number of anilines is 1. The van der Waals surface area contributed by atoms with Crippen LogP contribution in [-0.4, -0.2) is 54.1 Å². The van der Waals surface area contributed by atoms with Gasteiger partial charge in [-0.15, -0.1) is 0 Å². The van der Waals surface area contributed by atoms with Gasteiger partial charge >= 0.3 is 6.03 Å². The fourth-order valence-electron chi connectivity index (χ4n) is 5.32. The molecule has 2 saturated heterocycles. The molecule has 2 aliphatic heterocycles. The van der Waals surface area contributed by atoms with Crippen LogP contribution >= 0.6 is 0 Å². The lowest BCUT2D eigenvalue weighted by molar-refractivity contribution is -0.133. The van der Waals surface area contributed by atoms with E-state index in [-0.39, 0.29) is 11.9 Å². The summed E-state index contributed by atoms with van der Waals surface area (Å²) in [4.78, 5) is 32.0. The molecule has 6 heteroatoms. The van der Waals surface area contributed by atoms with Crippen LogP contribution in [-0.2, 0) is 11.3 Å². The molecule has 0 atom stereocenters. The van der Waals surface area contributed by atoms with Crippen LogP contribution in [0.3, 0.4) is 0 Å². The molecular formula is C24H36N4O2. The van der Waals surface area contributed by atoms with Crippen LogP contribution in [0.15, 0.2) is 24.3 Å². The molecule has 3 aliphatic rings. The minimum absolute atomic E-state index is 0.0226. The summed E-state index contributed by atoms with van der Waals surface area (Å²) >= 11 is 0. The van der Waals surface area contributed by atoms with Gasteiger partial charge in [-0.3, -0.25) is 9.69 Å². The topological polar surface area (TPSA) is 55.9 Å². The van der Waals surface area contributed by atoms with Crippen molar-refractivity contribution >= 4 is 17.6 Å². The Morgan fingerprint density at radius 1 is 0.933 bits per heavy atom. The number of imide groups is 1. The van der Waals surface area contributed by atoms with E-state index in [1.165, 1.54) is 41.8 Å². The molecule has 1 saturated carbocycles. The number of piperidine rings is 1. The smallest absolute Gasteiger partial charge is 0.326 e. The van der Waals surface area contributed by atoms with Gasteiger partial charge in [0.1, 0.15) is 5.54 Å². The maximum atomic E-state index is 13.3. The van der Waals surface area contributed by atoms with E-state index in [0.717, 1.165) is 58.2 Å². The van der Waals surface area contributed by atoms with Gasteiger partial charge in [0.25, 0.3) is 5.91 Å². The first-order chi connectivity index (χ1) is 14.6. The number of amides is 3. The van der Waals surface area contributed by atoms with Gasteiger partial charge in [0.05, 0.1) is 6.67 Å². The van der Waals surface area contributed by atoms with Crippen molar-refractivity contribution in [1.82, 2.24) is 15.1 Å². The highest BCUT2D eigenvalue weighted by molar-refractivity contribution is 6.07. The van der Waals surface area contributed by atoms with Crippen LogP contribution in [0.2, 0.25) is 0 Å². The Morgan fingerprint density at radius 3 is 2.30 bits per heavy atom. The first kappa shape index (κ1) is 21.2. The van der Waals surface area contributed by atoms with Crippen molar-refractivity contribution in [3.63, 3.8) is 0 Å². The van der Waals surface area contributed by atoms with E-state index < -0.39 is 5.54 Å². The standard InChI is InChI=1S/C24H36N4O2/c1-26(18-20-12-6-7-13-21(20)27-16-10-5-11-17-27)19-28-22(29)24(25-23(28)30)14-8-3-2-4-9-15-24/h6-7,12-13H,2-5,8-11,14-19H2,1H3,(H,25,30). The van der Waals surface area contributed by atoms with Gasteiger partial charge in [0.15, 0.2) is 0 Å². The van der Waals surface area contributed by atoms with Crippen LogP contribution in [0, 0.1) is 0 Å². The number of carbonyl (C=O) groups excluding carboxylic acids is 2. The van der Waals surface area contributed by atoms with Crippen molar-refractivity contribution in [1.29, 1.82) is 0 Å². The molecule has 2 heterocycles. The third-order valence-electron chi connectivity index (χ3n) is 6.96. The minimum Gasteiger partial charge on any atom is -0.371 e. The van der Waals surface area contributed by atoms with Crippen LogP contribution in [0.4, 0.5) is 10.5 Å². The number of nitrogens with one attached hydrogen (secondary N) is 1. The molecule has 6 nitrogen and oxygen atoms in total. The molecule has 0 aromatic heterocycles. The monoisotopic (exact) mass is 412 g/mol. The molecule has 164 valence electrons. The largest absolute Gasteiger partial charge is 0.371 e. The zero-order valence-corrected chi connectivity index (χ0v) is 18.4. The molecule has 3 amide bonds. The van der Waals surface area contributed by atoms with Crippen molar-refractivity contribution in [2.24, 2.45) is 0 Å². The lowest BCUT2D eigenvalue weighted by Gasteiger charge is -2.32. The fourth-order valence-corrected chi connectivity index (χ4v) is 5.32. The Kier molecular flexibility index (Phi) is 6.61. The van der Waals surface area contributed by atoms with Crippen molar-refractivity contribution in [2.45, 2.75) is 76.3 Å². The van der Waals surface area contributed by atoms with Crippen molar-refractivity contribution in [3.8, 4) is 0 Å². The molecule has 1 aromatic carbocycles. The van der Waals surface area contributed by atoms with E-state index in [1.54, 1.807) is 0 Å². The third-order valence-corrected chi connectivity index (χ3v) is 6.96. The first-order valence-electron chi connectivity index (χ1n) is 11.7. The summed E-state index contributed by atoms with van der Waals surface area (Å²) in [5, 5.41) is 3.07. The van der Waals surface area contributed by atoms with Gasteiger partial charge < -0.3 is 10.2 Å². The average Bonchev–Trinajstić information content (AvgIpc) is 2.97. The Labute approximate surface area is 180 Å². The summed E-state index contributed by atoms with van der Waals surface area (Å²) in [6.07, 6.45) is 10.9. The normalized spacial score (nSPS) is 22.3. The number of rotatable bonds is 5. The highest BCUT2D eigenvalue weighted by atomic mass is 16.2. The zero-order chi connectivity index (χ0) is 21.0. The number of hydrogen-bond acceptors (Lipinski definition) is 4. The lowest BCUT2D eigenvalue weighted by Crippen LogP contribution is -2.48. The van der Waals surface area contributed by atoms with Gasteiger partial charge in [-0.1, -0.05) is 50.3 Å². The van der Waals surface area contributed by atoms with Crippen molar-refractivity contribution < 1.29 is 9.59 Å². The molecule has 4 rings (SSSR count). The second-order valence-corrected chi connectivity index (χ2v) is 9.35. The zero-order valence-electron chi connectivity index (χ0n) is 18.4. The van der Waals surface area contributed by atoms with E-state index in [4.69, 9.17) is 0 Å². The lowest BCUT2D eigenvalue weighted by atomic mass is 9.84. The molecule has 0 bridgehead atoms. The summed E-state index contributed by atoms with van der Waals surface area (Å²) < 4.78 is 0. The van der Waals surface area contributed by atoms with Gasteiger partial charge in [-0.05, 0) is 50.8 Å². The van der Waals surface area contributed by atoms with E-state index >= 15 is 0 Å². The summed E-state index contributed by atoms with van der Waals surface area (Å²) in [7, 11) is 2.00. The summed E-state index contributed by atoms with van der Waals surface area (Å²) in [5.74, 6) is -0.0226. The summed E-state index contributed by atoms with van der Waals surface area (Å²) in [6.45, 7) is 3.27. The van der Waals surface area contributed by atoms with Crippen LogP contribution in [0.1, 0.15) is 69.8 Å². The molecule has 1 spiro atoms. The molecule has 0 radical (unpaired) electrons. The fraction of sp³-hybridized carbons (Fsp3) is 0.667. The summed E-state index contributed by atoms with van der Waals surface area (Å²) in [5.41, 5.74) is 1.89. The maximum absolute atomic E-state index is 13.3. The Balaban J connectivity index is 1.42. The number of nitrogens with zero attached hydrogens (tertiary/aromatic N) is 3. The Hall–Kier alpha value is -2.08. The summed E-state index contributed by atoms with van der Waals surface area (Å²) in [6, 6.07) is 8.32. The number of hydrogen-bond donors (Lipinski definition) is 1. The van der Waals surface area contributed by atoms with Gasteiger partial charge in [-0.2, -0.15) is 0 Å². The number of urea groups is 1. The van der Waals surface area contributed by atoms with Crippen molar-refractivity contribution in [3.05, 3.63) is 29.8 Å². The highest BCUT2D eigenvalue weighted by Gasteiger charge is 2.50. The second kappa shape index (κ2) is 9.38. The molecule has 1 N–H and O–H groups in total. The molecule has 0 unspecified atom stereocenters. The number of benzene rings is 1. The Morgan fingerprint density at radius 2 is 1.57 bits per heavy atom. The minimum atomic E-state index is -0.663. The Bertz CT molecular complexity index is 751. The second-order valence-electron chi connectivity index (χ2n) is 9.35. The highest BCUT2D eigenvalue weighted by Crippen LogP contribution is 2.32. The van der Waals surface area contributed by atoms with Crippen molar-refractivity contribution in [2.75, 3.05) is 31.7 Å². The number of para-hydroxylation sites is 1. The molecule has 3 fully saturated rings. The maximum Gasteiger partial charge on any atom is 0.326 e. The van der Waals surface area contributed by atoms with Crippen LogP contribution < -0.4 is 10.2 Å². The molecule has 1 aliphatic carbocycles.